The average molecular weight is 526 g/mol. The van der Waals surface area contributed by atoms with Gasteiger partial charge < -0.3 is 14.2 Å². The van der Waals surface area contributed by atoms with Gasteiger partial charge in [-0.2, -0.15) is 0 Å². The van der Waals surface area contributed by atoms with E-state index in [0.29, 0.717) is 22.6 Å². The number of esters is 2. The predicted molar refractivity (Wildman–Crippen MR) is 134 cm³/mol. The quantitative estimate of drug-likeness (QED) is 0.159. The van der Waals surface area contributed by atoms with Crippen molar-refractivity contribution in [1.29, 1.82) is 0 Å². The fourth-order valence-corrected chi connectivity index (χ4v) is 5.06. The van der Waals surface area contributed by atoms with Crippen molar-refractivity contribution in [3.8, 4) is 5.75 Å². The van der Waals surface area contributed by atoms with E-state index in [1.807, 2.05) is 0 Å². The third kappa shape index (κ3) is 5.80. The van der Waals surface area contributed by atoms with Gasteiger partial charge in [-0.1, -0.05) is 12.1 Å². The maximum atomic E-state index is 13.1. The lowest BCUT2D eigenvalue weighted by molar-refractivity contribution is -0.384. The molecule has 0 spiro atoms. The number of nitro groups is 1. The smallest absolute Gasteiger partial charge is 0.355 e. The SMILES string of the molecule is COc1ccc(COC(=O)C2=C(COC(C)=O)CS[C@@H]3C(N=Cc4ccc([N+](=O)[O-])cc4)C(=O)N23)cc1. The van der Waals surface area contributed by atoms with E-state index in [-0.39, 0.29) is 24.6 Å². The topological polar surface area (TPSA) is 138 Å². The van der Waals surface area contributed by atoms with Crippen LogP contribution >= 0.6 is 11.8 Å². The number of aliphatic imine (C=N–C) groups is 1. The number of benzene rings is 2. The Labute approximate surface area is 216 Å². The van der Waals surface area contributed by atoms with E-state index in [1.54, 1.807) is 31.4 Å². The Balaban J connectivity index is 1.49. The summed E-state index contributed by atoms with van der Waals surface area (Å²) < 4.78 is 15.7. The molecule has 0 bridgehead atoms. The van der Waals surface area contributed by atoms with Crippen LogP contribution in [0.4, 0.5) is 5.69 Å². The molecule has 2 aromatic carbocycles. The van der Waals surface area contributed by atoms with Gasteiger partial charge in [0.2, 0.25) is 0 Å². The molecule has 2 heterocycles. The molecule has 12 heteroatoms. The number of β-lactam (4-membered cyclic amide) rings is 1. The second-order valence-corrected chi connectivity index (χ2v) is 9.24. The van der Waals surface area contributed by atoms with Gasteiger partial charge in [-0.05, 0) is 35.4 Å². The van der Waals surface area contributed by atoms with Gasteiger partial charge in [-0.25, -0.2) is 4.79 Å². The van der Waals surface area contributed by atoms with Crippen molar-refractivity contribution in [1.82, 2.24) is 4.90 Å². The molecule has 0 aromatic heterocycles. The molecule has 2 aliphatic rings. The molecule has 4 rings (SSSR count). The van der Waals surface area contributed by atoms with Crippen molar-refractivity contribution in [2.45, 2.75) is 24.9 Å². The van der Waals surface area contributed by atoms with Gasteiger partial charge in [-0.15, -0.1) is 11.8 Å². The lowest BCUT2D eigenvalue weighted by Crippen LogP contribution is -2.64. The van der Waals surface area contributed by atoms with Gasteiger partial charge in [0.15, 0.2) is 6.04 Å². The number of ether oxygens (including phenoxy) is 3. The number of methoxy groups -OCH3 is 1. The van der Waals surface area contributed by atoms with E-state index >= 15 is 0 Å². The van der Waals surface area contributed by atoms with Crippen LogP contribution in [0.2, 0.25) is 0 Å². The maximum absolute atomic E-state index is 13.1. The molecule has 0 aliphatic carbocycles. The molecular formula is C25H23N3O8S. The van der Waals surface area contributed by atoms with E-state index in [9.17, 15) is 24.5 Å². The number of nitrogens with zero attached hydrogens (tertiary/aromatic N) is 3. The van der Waals surface area contributed by atoms with E-state index in [2.05, 4.69) is 4.99 Å². The highest BCUT2D eigenvalue weighted by Crippen LogP contribution is 2.42. The van der Waals surface area contributed by atoms with Crippen LogP contribution in [0.15, 0.2) is 64.8 Å². The zero-order valence-corrected chi connectivity index (χ0v) is 20.8. The van der Waals surface area contributed by atoms with E-state index in [1.165, 1.54) is 54.1 Å². The summed E-state index contributed by atoms with van der Waals surface area (Å²) in [5.41, 5.74) is 1.82. The highest BCUT2D eigenvalue weighted by atomic mass is 32.2. The number of hydrogen-bond donors (Lipinski definition) is 0. The monoisotopic (exact) mass is 525 g/mol. The molecule has 2 atom stereocenters. The van der Waals surface area contributed by atoms with Gasteiger partial charge in [0.25, 0.3) is 11.6 Å². The number of non-ortho nitro benzene ring substituents is 1. The van der Waals surface area contributed by atoms with Gasteiger partial charge >= 0.3 is 11.9 Å². The molecule has 37 heavy (non-hydrogen) atoms. The minimum absolute atomic E-state index is 0.0191. The highest BCUT2D eigenvalue weighted by molar-refractivity contribution is 8.00. The third-order valence-corrected chi connectivity index (χ3v) is 7.00. The molecule has 0 saturated carbocycles. The second kappa shape index (κ2) is 11.2. The number of amides is 1. The fourth-order valence-electron chi connectivity index (χ4n) is 3.74. The Morgan fingerprint density at radius 3 is 2.46 bits per heavy atom. The van der Waals surface area contributed by atoms with Crippen molar-refractivity contribution in [3.63, 3.8) is 0 Å². The zero-order valence-electron chi connectivity index (χ0n) is 20.0. The number of fused-ring (bicyclic) bond motifs is 1. The molecule has 1 fully saturated rings. The van der Waals surface area contributed by atoms with Gasteiger partial charge in [0.1, 0.15) is 30.0 Å². The lowest BCUT2D eigenvalue weighted by Gasteiger charge is -2.48. The molecule has 2 aliphatic heterocycles. The molecule has 1 saturated heterocycles. The average Bonchev–Trinajstić information content (AvgIpc) is 2.90. The molecule has 1 amide bonds. The molecule has 192 valence electrons. The van der Waals surface area contributed by atoms with Crippen LogP contribution < -0.4 is 4.74 Å². The van der Waals surface area contributed by atoms with Crippen LogP contribution in [0.25, 0.3) is 0 Å². The van der Waals surface area contributed by atoms with Crippen LogP contribution in [0.1, 0.15) is 18.1 Å². The summed E-state index contributed by atoms with van der Waals surface area (Å²) in [6.45, 7) is 1.11. The number of carbonyl (C=O) groups excluding carboxylic acids is 3. The molecule has 2 aromatic rings. The third-order valence-electron chi connectivity index (χ3n) is 5.68. The first-order chi connectivity index (χ1) is 17.8. The Morgan fingerprint density at radius 1 is 1.14 bits per heavy atom. The van der Waals surface area contributed by atoms with E-state index in [0.717, 1.165) is 5.56 Å². The normalized spacial score (nSPS) is 18.8. The van der Waals surface area contributed by atoms with Crippen molar-refractivity contribution in [2.75, 3.05) is 19.5 Å². The van der Waals surface area contributed by atoms with E-state index in [4.69, 9.17) is 14.2 Å². The van der Waals surface area contributed by atoms with Crippen LogP contribution in [0.3, 0.4) is 0 Å². The number of carbonyl (C=O) groups is 3. The number of thioether (sulfide) groups is 1. The molecule has 0 N–H and O–H groups in total. The van der Waals surface area contributed by atoms with Crippen molar-refractivity contribution < 1.29 is 33.5 Å². The van der Waals surface area contributed by atoms with Crippen LogP contribution in [0, 0.1) is 10.1 Å². The van der Waals surface area contributed by atoms with Crippen LogP contribution in [-0.2, 0) is 30.5 Å². The van der Waals surface area contributed by atoms with E-state index < -0.39 is 34.2 Å². The summed E-state index contributed by atoms with van der Waals surface area (Å²) in [5.74, 6) is -0.592. The minimum Gasteiger partial charge on any atom is -0.497 e. The Hall–Kier alpha value is -4.19. The summed E-state index contributed by atoms with van der Waals surface area (Å²) in [5, 5.41) is 10.4. The molecule has 0 radical (unpaired) electrons. The summed E-state index contributed by atoms with van der Waals surface area (Å²) in [6, 6.07) is 12.1. The number of rotatable bonds is 9. The summed E-state index contributed by atoms with van der Waals surface area (Å²) >= 11 is 1.40. The molecule has 1 unspecified atom stereocenters. The number of nitro benzene ring substituents is 1. The summed E-state index contributed by atoms with van der Waals surface area (Å²) in [6.07, 6.45) is 1.48. The van der Waals surface area contributed by atoms with Crippen LogP contribution in [-0.4, -0.2) is 64.8 Å². The predicted octanol–water partition coefficient (Wildman–Crippen LogP) is 2.87. The Kier molecular flexibility index (Phi) is 7.87. The van der Waals surface area contributed by atoms with Crippen LogP contribution in [0.5, 0.6) is 5.75 Å². The fraction of sp³-hybridized carbons (Fsp3) is 0.280. The highest BCUT2D eigenvalue weighted by Gasteiger charge is 2.53. The van der Waals surface area contributed by atoms with Crippen molar-refractivity contribution in [3.05, 3.63) is 81.0 Å². The maximum Gasteiger partial charge on any atom is 0.355 e. The zero-order chi connectivity index (χ0) is 26.5. The first-order valence-electron chi connectivity index (χ1n) is 11.2. The first kappa shape index (κ1) is 25.9. The van der Waals surface area contributed by atoms with Gasteiger partial charge in [-0.3, -0.25) is 29.6 Å². The van der Waals surface area contributed by atoms with Gasteiger partial charge in [0, 0.05) is 36.6 Å². The number of hydrogen-bond acceptors (Lipinski definition) is 10. The Bertz CT molecular complexity index is 1270. The first-order valence-corrected chi connectivity index (χ1v) is 12.2. The summed E-state index contributed by atoms with van der Waals surface area (Å²) in [7, 11) is 1.55. The van der Waals surface area contributed by atoms with Crippen molar-refractivity contribution in [2.24, 2.45) is 4.99 Å². The minimum atomic E-state index is -0.736. The van der Waals surface area contributed by atoms with Crippen molar-refractivity contribution >= 4 is 41.5 Å². The van der Waals surface area contributed by atoms with Gasteiger partial charge in [0.05, 0.1) is 12.0 Å². The second-order valence-electron chi connectivity index (χ2n) is 8.14. The Morgan fingerprint density at radius 2 is 1.84 bits per heavy atom. The largest absolute Gasteiger partial charge is 0.497 e. The lowest BCUT2D eigenvalue weighted by atomic mass is 10.0. The summed E-state index contributed by atoms with van der Waals surface area (Å²) in [4.78, 5) is 53.6. The molecular weight excluding hydrogens is 502 g/mol. The standard InChI is InChI=1S/C25H23N3O8S/c1-15(29)35-13-18-14-37-24-21(26-11-16-3-7-19(8-4-16)28(32)33)23(30)27(24)22(18)25(31)36-12-17-5-9-20(34-2)10-6-17/h3-11,21,24H,12-14H2,1-2H3/t21?,24-/m1/s1. The molecule has 11 nitrogen and oxygen atoms in total.